The fourth-order valence-corrected chi connectivity index (χ4v) is 3.96. The van der Waals surface area contributed by atoms with Crippen molar-refractivity contribution < 1.29 is 0 Å². The maximum absolute atomic E-state index is 3.48. The number of aryl methyl sites for hydroxylation is 3. The van der Waals surface area contributed by atoms with Crippen LogP contribution in [0.1, 0.15) is 35.6 Å². The first-order valence-electron chi connectivity index (χ1n) is 7.17. The van der Waals surface area contributed by atoms with Gasteiger partial charge in [0.05, 0.1) is 5.52 Å². The van der Waals surface area contributed by atoms with Crippen LogP contribution < -0.4 is 5.32 Å². The molecule has 0 spiro atoms. The third-order valence-electron chi connectivity index (χ3n) is 4.80. The fourth-order valence-electron chi connectivity index (χ4n) is 3.96. The van der Waals surface area contributed by atoms with E-state index in [1.165, 1.54) is 49.8 Å². The lowest BCUT2D eigenvalue weighted by Gasteiger charge is -2.24. The molecule has 2 nitrogen and oxygen atoms in total. The summed E-state index contributed by atoms with van der Waals surface area (Å²) in [6, 6.07) is 6.84. The predicted molar refractivity (Wildman–Crippen MR) is 75.2 cm³/mol. The molecule has 1 aromatic carbocycles. The zero-order chi connectivity index (χ0) is 12.1. The molecule has 0 bridgehead atoms. The van der Waals surface area contributed by atoms with Gasteiger partial charge in [-0.05, 0) is 50.4 Å². The quantitative estimate of drug-likeness (QED) is 0.811. The smallest absolute Gasteiger partial charge is 0.0518 e. The Morgan fingerprint density at radius 2 is 2.06 bits per heavy atom. The highest BCUT2D eigenvalue weighted by Gasteiger charge is 2.26. The van der Waals surface area contributed by atoms with E-state index in [0.717, 1.165) is 5.92 Å². The van der Waals surface area contributed by atoms with Crippen LogP contribution >= 0.6 is 0 Å². The predicted octanol–water partition coefficient (Wildman–Crippen LogP) is 2.97. The van der Waals surface area contributed by atoms with Gasteiger partial charge in [-0.1, -0.05) is 18.2 Å². The topological polar surface area (TPSA) is 17.0 Å². The molecule has 3 heterocycles. The summed E-state index contributed by atoms with van der Waals surface area (Å²) in [5, 5.41) is 4.98. The monoisotopic (exact) mass is 240 g/mol. The molecule has 1 aromatic heterocycles. The molecule has 2 aromatic rings. The Bertz CT molecular complexity index is 603. The molecular weight excluding hydrogens is 220 g/mol. The van der Waals surface area contributed by atoms with Gasteiger partial charge in [0.15, 0.2) is 0 Å². The minimum atomic E-state index is 0.768. The Balaban J connectivity index is 1.94. The third kappa shape index (κ3) is 1.33. The first kappa shape index (κ1) is 10.6. The van der Waals surface area contributed by atoms with E-state index in [4.69, 9.17) is 0 Å². The fraction of sp³-hybridized carbons (Fsp3) is 0.500. The minimum absolute atomic E-state index is 0.768. The van der Waals surface area contributed by atoms with Crippen LogP contribution in [0.25, 0.3) is 10.9 Å². The Kier molecular flexibility index (Phi) is 2.28. The lowest BCUT2D eigenvalue weighted by molar-refractivity contribution is 0.441. The highest BCUT2D eigenvalue weighted by Crippen LogP contribution is 2.38. The van der Waals surface area contributed by atoms with Crippen molar-refractivity contribution in [1.82, 2.24) is 9.88 Å². The molecule has 0 amide bonds. The molecule has 0 aliphatic carbocycles. The van der Waals surface area contributed by atoms with Gasteiger partial charge in [-0.25, -0.2) is 0 Å². The van der Waals surface area contributed by atoms with Gasteiger partial charge in [0, 0.05) is 23.5 Å². The van der Waals surface area contributed by atoms with E-state index in [-0.39, 0.29) is 0 Å². The summed E-state index contributed by atoms with van der Waals surface area (Å²) in [4.78, 5) is 0. The molecule has 1 fully saturated rings. The maximum atomic E-state index is 3.48. The van der Waals surface area contributed by atoms with Crippen LogP contribution in [0, 0.1) is 6.92 Å². The molecule has 18 heavy (non-hydrogen) atoms. The van der Waals surface area contributed by atoms with Gasteiger partial charge in [0.25, 0.3) is 0 Å². The second-order valence-electron chi connectivity index (χ2n) is 5.75. The number of para-hydroxylation sites is 1. The van der Waals surface area contributed by atoms with Crippen LogP contribution in [0.2, 0.25) is 0 Å². The van der Waals surface area contributed by atoms with E-state index in [1.807, 2.05) is 0 Å². The van der Waals surface area contributed by atoms with Crippen molar-refractivity contribution in [2.75, 3.05) is 13.1 Å². The first-order valence-corrected chi connectivity index (χ1v) is 7.17. The second-order valence-corrected chi connectivity index (χ2v) is 5.75. The van der Waals surface area contributed by atoms with E-state index >= 15 is 0 Å². The standard InChI is InChI=1S/C16H20N2/c1-11-14-4-2-3-12-7-10-18(16(12)14)15(11)13-5-8-17-9-6-13/h2-4,13,17H,5-10H2,1H3. The zero-order valence-corrected chi connectivity index (χ0v) is 11.0. The van der Waals surface area contributed by atoms with Crippen LogP contribution in [0.5, 0.6) is 0 Å². The van der Waals surface area contributed by atoms with E-state index in [2.05, 4.69) is 35.0 Å². The molecule has 0 saturated carbocycles. The van der Waals surface area contributed by atoms with Crippen molar-refractivity contribution in [3.63, 3.8) is 0 Å². The molecule has 94 valence electrons. The number of rotatable bonds is 1. The van der Waals surface area contributed by atoms with Crippen LogP contribution in [-0.2, 0) is 13.0 Å². The van der Waals surface area contributed by atoms with Crippen molar-refractivity contribution in [1.29, 1.82) is 0 Å². The minimum Gasteiger partial charge on any atom is -0.343 e. The number of hydrogen-bond donors (Lipinski definition) is 1. The van der Waals surface area contributed by atoms with E-state index in [9.17, 15) is 0 Å². The molecule has 0 radical (unpaired) electrons. The SMILES string of the molecule is Cc1c(C2CCNCC2)n2c3c(cccc13)CC2. The molecule has 0 unspecified atom stereocenters. The maximum Gasteiger partial charge on any atom is 0.0518 e. The molecule has 1 saturated heterocycles. The van der Waals surface area contributed by atoms with Gasteiger partial charge < -0.3 is 9.88 Å². The normalized spacial score (nSPS) is 19.8. The van der Waals surface area contributed by atoms with Crippen LogP contribution in [0.15, 0.2) is 18.2 Å². The summed E-state index contributed by atoms with van der Waals surface area (Å²) >= 11 is 0. The highest BCUT2D eigenvalue weighted by molar-refractivity contribution is 5.89. The molecule has 1 N–H and O–H groups in total. The molecular formula is C16H20N2. The first-order chi connectivity index (χ1) is 8.86. The van der Waals surface area contributed by atoms with Gasteiger partial charge in [-0.15, -0.1) is 0 Å². The van der Waals surface area contributed by atoms with E-state index < -0.39 is 0 Å². The lowest BCUT2D eigenvalue weighted by atomic mass is 9.91. The summed E-state index contributed by atoms with van der Waals surface area (Å²) in [6.45, 7) is 5.88. The third-order valence-corrected chi connectivity index (χ3v) is 4.80. The van der Waals surface area contributed by atoms with Gasteiger partial charge in [0.1, 0.15) is 0 Å². The Morgan fingerprint density at radius 1 is 1.22 bits per heavy atom. The van der Waals surface area contributed by atoms with Gasteiger partial charge in [0.2, 0.25) is 0 Å². The average molecular weight is 240 g/mol. The van der Waals surface area contributed by atoms with Crippen molar-refractivity contribution in [3.8, 4) is 0 Å². The van der Waals surface area contributed by atoms with Crippen molar-refractivity contribution in [2.24, 2.45) is 0 Å². The van der Waals surface area contributed by atoms with Crippen LogP contribution in [0.4, 0.5) is 0 Å². The molecule has 0 atom stereocenters. The largest absolute Gasteiger partial charge is 0.343 e. The summed E-state index contributed by atoms with van der Waals surface area (Å²) in [5.41, 5.74) is 6.26. The second kappa shape index (κ2) is 3.86. The van der Waals surface area contributed by atoms with Crippen LogP contribution in [-0.4, -0.2) is 17.7 Å². The summed E-state index contributed by atoms with van der Waals surface area (Å²) < 4.78 is 2.62. The Morgan fingerprint density at radius 3 is 2.89 bits per heavy atom. The van der Waals surface area contributed by atoms with Crippen molar-refractivity contribution in [2.45, 2.75) is 38.6 Å². The lowest BCUT2D eigenvalue weighted by Crippen LogP contribution is -2.28. The number of nitrogens with zero attached hydrogens (tertiary/aromatic N) is 1. The summed E-state index contributed by atoms with van der Waals surface area (Å²) in [7, 11) is 0. The van der Waals surface area contributed by atoms with Crippen LogP contribution in [0.3, 0.4) is 0 Å². The zero-order valence-electron chi connectivity index (χ0n) is 11.0. The van der Waals surface area contributed by atoms with Crippen molar-refractivity contribution in [3.05, 3.63) is 35.0 Å². The molecule has 4 rings (SSSR count). The number of hydrogen-bond acceptors (Lipinski definition) is 1. The van der Waals surface area contributed by atoms with E-state index in [1.54, 1.807) is 16.8 Å². The van der Waals surface area contributed by atoms with Gasteiger partial charge in [-0.2, -0.15) is 0 Å². The molecule has 2 aliphatic rings. The number of aromatic nitrogens is 1. The summed E-state index contributed by atoms with van der Waals surface area (Å²) in [6.07, 6.45) is 3.82. The van der Waals surface area contributed by atoms with E-state index in [0.29, 0.717) is 0 Å². The highest BCUT2D eigenvalue weighted by atomic mass is 15.0. The average Bonchev–Trinajstić information content (AvgIpc) is 2.96. The molecule has 2 heteroatoms. The number of benzene rings is 1. The Hall–Kier alpha value is -1.28. The Labute approximate surface area is 108 Å². The molecule has 2 aliphatic heterocycles. The summed E-state index contributed by atoms with van der Waals surface area (Å²) in [5.74, 6) is 0.768. The van der Waals surface area contributed by atoms with Gasteiger partial charge >= 0.3 is 0 Å². The van der Waals surface area contributed by atoms with Gasteiger partial charge in [-0.3, -0.25) is 0 Å². The number of piperidine rings is 1. The number of nitrogens with one attached hydrogen (secondary N) is 1. The van der Waals surface area contributed by atoms with Crippen molar-refractivity contribution >= 4 is 10.9 Å².